The van der Waals surface area contributed by atoms with Crippen LogP contribution >= 0.6 is 11.8 Å². The van der Waals surface area contributed by atoms with Gasteiger partial charge < -0.3 is 10.6 Å². The number of rotatable bonds is 4. The fraction of sp³-hybridized carbons (Fsp3) is 0.500. The Bertz CT molecular complexity index is 549. The number of carbonyl (C=O) groups is 2. The Hall–Kier alpha value is -1.49. The maximum Gasteiger partial charge on any atom is 0.230 e. The second kappa shape index (κ2) is 6.52. The first-order valence-electron chi connectivity index (χ1n) is 7.51. The third-order valence-corrected chi connectivity index (χ3v) is 5.06. The molecule has 2 amide bonds. The van der Waals surface area contributed by atoms with E-state index in [2.05, 4.69) is 28.8 Å². The van der Waals surface area contributed by atoms with E-state index in [1.165, 1.54) is 28.9 Å². The fourth-order valence-electron chi connectivity index (χ4n) is 2.91. The van der Waals surface area contributed by atoms with E-state index in [1.807, 2.05) is 0 Å². The molecule has 1 aromatic rings. The lowest BCUT2D eigenvalue weighted by molar-refractivity contribution is -0.124. The molecule has 1 unspecified atom stereocenters. The van der Waals surface area contributed by atoms with Gasteiger partial charge in [-0.25, -0.2) is 0 Å². The van der Waals surface area contributed by atoms with Crippen LogP contribution in [0.1, 0.15) is 30.4 Å². The van der Waals surface area contributed by atoms with Gasteiger partial charge in [0.25, 0.3) is 0 Å². The van der Waals surface area contributed by atoms with Crippen LogP contribution in [0.25, 0.3) is 0 Å². The van der Waals surface area contributed by atoms with Crippen LogP contribution in [-0.4, -0.2) is 30.2 Å². The number of fused-ring (bicyclic) bond motifs is 1. The molecule has 21 heavy (non-hydrogen) atoms. The second-order valence-corrected chi connectivity index (χ2v) is 6.73. The SMILES string of the molecule is O=C1CCC(NC(=O)CSc2ccc3c(c2)CCC3)CN1. The number of piperidine rings is 1. The Labute approximate surface area is 129 Å². The van der Waals surface area contributed by atoms with Crippen molar-refractivity contribution in [1.29, 1.82) is 0 Å². The molecular formula is C16H20N2O2S. The van der Waals surface area contributed by atoms with E-state index >= 15 is 0 Å². The van der Waals surface area contributed by atoms with Crippen molar-refractivity contribution in [2.24, 2.45) is 0 Å². The summed E-state index contributed by atoms with van der Waals surface area (Å²) < 4.78 is 0. The van der Waals surface area contributed by atoms with Crippen molar-refractivity contribution < 1.29 is 9.59 Å². The molecule has 2 N–H and O–H groups in total. The number of hydrogen-bond donors (Lipinski definition) is 2. The third kappa shape index (κ3) is 3.79. The molecule has 1 aliphatic carbocycles. The van der Waals surface area contributed by atoms with Gasteiger partial charge in [-0.3, -0.25) is 9.59 Å². The Morgan fingerprint density at radius 1 is 1.29 bits per heavy atom. The van der Waals surface area contributed by atoms with Gasteiger partial charge >= 0.3 is 0 Å². The highest BCUT2D eigenvalue weighted by Gasteiger charge is 2.19. The van der Waals surface area contributed by atoms with E-state index < -0.39 is 0 Å². The minimum Gasteiger partial charge on any atom is -0.354 e. The van der Waals surface area contributed by atoms with Crippen molar-refractivity contribution in [1.82, 2.24) is 10.6 Å². The van der Waals surface area contributed by atoms with Crippen molar-refractivity contribution in [3.8, 4) is 0 Å². The highest BCUT2D eigenvalue weighted by atomic mass is 32.2. The summed E-state index contributed by atoms with van der Waals surface area (Å²) in [5.41, 5.74) is 2.90. The van der Waals surface area contributed by atoms with E-state index in [0.717, 1.165) is 12.8 Å². The molecule has 112 valence electrons. The summed E-state index contributed by atoms with van der Waals surface area (Å²) in [7, 11) is 0. The van der Waals surface area contributed by atoms with Crippen molar-refractivity contribution in [3.05, 3.63) is 29.3 Å². The van der Waals surface area contributed by atoms with E-state index in [9.17, 15) is 9.59 Å². The van der Waals surface area contributed by atoms with Gasteiger partial charge in [0.2, 0.25) is 11.8 Å². The Balaban J connectivity index is 1.46. The summed E-state index contributed by atoms with van der Waals surface area (Å²) in [5, 5.41) is 5.77. The van der Waals surface area contributed by atoms with Gasteiger partial charge in [0, 0.05) is 23.9 Å². The van der Waals surface area contributed by atoms with E-state index in [1.54, 1.807) is 11.8 Å². The molecule has 5 heteroatoms. The predicted molar refractivity (Wildman–Crippen MR) is 83.4 cm³/mol. The van der Waals surface area contributed by atoms with Crippen LogP contribution in [0.3, 0.4) is 0 Å². The highest BCUT2D eigenvalue weighted by Crippen LogP contribution is 2.27. The molecule has 1 aliphatic heterocycles. The summed E-state index contributed by atoms with van der Waals surface area (Å²) in [6.45, 7) is 0.550. The summed E-state index contributed by atoms with van der Waals surface area (Å²) in [5.74, 6) is 0.554. The Morgan fingerprint density at radius 3 is 2.95 bits per heavy atom. The maximum atomic E-state index is 12.0. The lowest BCUT2D eigenvalue weighted by Crippen LogP contribution is -2.48. The van der Waals surface area contributed by atoms with Gasteiger partial charge in [0.15, 0.2) is 0 Å². The molecule has 4 nitrogen and oxygen atoms in total. The average molecular weight is 304 g/mol. The second-order valence-electron chi connectivity index (χ2n) is 5.68. The van der Waals surface area contributed by atoms with Gasteiger partial charge in [-0.15, -0.1) is 11.8 Å². The topological polar surface area (TPSA) is 58.2 Å². The average Bonchev–Trinajstić information content (AvgIpc) is 2.95. The van der Waals surface area contributed by atoms with Crippen LogP contribution in [0.5, 0.6) is 0 Å². The van der Waals surface area contributed by atoms with Crippen LogP contribution in [0, 0.1) is 0 Å². The fourth-order valence-corrected chi connectivity index (χ4v) is 3.68. The van der Waals surface area contributed by atoms with Crippen LogP contribution in [0.2, 0.25) is 0 Å². The zero-order chi connectivity index (χ0) is 14.7. The summed E-state index contributed by atoms with van der Waals surface area (Å²) in [4.78, 5) is 24.2. The maximum absolute atomic E-state index is 12.0. The first kappa shape index (κ1) is 14.4. The highest BCUT2D eigenvalue weighted by molar-refractivity contribution is 8.00. The van der Waals surface area contributed by atoms with Crippen LogP contribution in [0.15, 0.2) is 23.1 Å². The number of benzene rings is 1. The lowest BCUT2D eigenvalue weighted by Gasteiger charge is -2.23. The number of thioether (sulfide) groups is 1. The third-order valence-electron chi connectivity index (χ3n) is 4.07. The summed E-state index contributed by atoms with van der Waals surface area (Å²) in [6.07, 6.45) is 4.84. The monoisotopic (exact) mass is 304 g/mol. The molecule has 1 heterocycles. The zero-order valence-corrected chi connectivity index (χ0v) is 12.8. The Morgan fingerprint density at radius 2 is 2.14 bits per heavy atom. The van der Waals surface area contributed by atoms with Gasteiger partial charge in [-0.2, -0.15) is 0 Å². The van der Waals surface area contributed by atoms with Gasteiger partial charge in [0.05, 0.1) is 5.75 Å². The first-order chi connectivity index (χ1) is 10.2. The van der Waals surface area contributed by atoms with Crippen LogP contribution < -0.4 is 10.6 Å². The molecule has 0 saturated carbocycles. The first-order valence-corrected chi connectivity index (χ1v) is 8.50. The largest absolute Gasteiger partial charge is 0.354 e. The molecule has 0 bridgehead atoms. The standard InChI is InChI=1S/C16H20N2O2S/c19-15-7-5-13(9-17-15)18-16(20)10-21-14-6-4-11-2-1-3-12(11)8-14/h4,6,8,13H,1-3,5,7,9-10H2,(H,17,19)(H,18,20). The molecule has 0 spiro atoms. The van der Waals surface area contributed by atoms with Crippen molar-refractivity contribution in [2.45, 2.75) is 43.0 Å². The van der Waals surface area contributed by atoms with Gasteiger partial charge in [0.1, 0.15) is 0 Å². The molecule has 1 atom stereocenters. The molecule has 0 radical (unpaired) electrons. The van der Waals surface area contributed by atoms with E-state index in [0.29, 0.717) is 18.7 Å². The smallest absolute Gasteiger partial charge is 0.230 e. The molecule has 1 fully saturated rings. The number of hydrogen-bond acceptors (Lipinski definition) is 3. The van der Waals surface area contributed by atoms with Crippen molar-refractivity contribution in [3.63, 3.8) is 0 Å². The van der Waals surface area contributed by atoms with Crippen molar-refractivity contribution in [2.75, 3.05) is 12.3 Å². The minimum atomic E-state index is 0.0432. The van der Waals surface area contributed by atoms with Crippen LogP contribution in [-0.2, 0) is 22.4 Å². The molecular weight excluding hydrogens is 284 g/mol. The quantitative estimate of drug-likeness (QED) is 0.832. The van der Waals surface area contributed by atoms with Gasteiger partial charge in [-0.1, -0.05) is 6.07 Å². The normalized spacial score (nSPS) is 20.8. The van der Waals surface area contributed by atoms with E-state index in [4.69, 9.17) is 0 Å². The Kier molecular flexibility index (Phi) is 4.48. The number of aryl methyl sites for hydroxylation is 2. The van der Waals surface area contributed by atoms with Crippen molar-refractivity contribution >= 4 is 23.6 Å². The molecule has 0 aromatic heterocycles. The number of amides is 2. The van der Waals surface area contributed by atoms with E-state index in [-0.39, 0.29) is 17.9 Å². The number of carbonyl (C=O) groups excluding carboxylic acids is 2. The van der Waals surface area contributed by atoms with Gasteiger partial charge in [-0.05, 0) is 48.9 Å². The number of nitrogens with one attached hydrogen (secondary N) is 2. The summed E-state index contributed by atoms with van der Waals surface area (Å²) >= 11 is 1.58. The predicted octanol–water partition coefficient (Wildman–Crippen LogP) is 1.66. The minimum absolute atomic E-state index is 0.0432. The lowest BCUT2D eigenvalue weighted by atomic mass is 10.1. The zero-order valence-electron chi connectivity index (χ0n) is 12.0. The molecule has 1 saturated heterocycles. The summed E-state index contributed by atoms with van der Waals surface area (Å²) in [6, 6.07) is 6.61. The molecule has 2 aliphatic rings. The molecule has 1 aromatic carbocycles. The molecule has 3 rings (SSSR count). The van der Waals surface area contributed by atoms with Crippen LogP contribution in [0.4, 0.5) is 0 Å².